The molecule has 1 atom stereocenters. The minimum absolute atomic E-state index is 0.150. The highest BCUT2D eigenvalue weighted by Gasteiger charge is 2.30. The molecule has 3 aromatic rings. The molecule has 0 heterocycles. The van der Waals surface area contributed by atoms with Crippen LogP contribution in [-0.2, 0) is 28.3 Å². The SMILES string of the molecule is CCNC(=O)[C@@H](Cc1ccccc1)N(Cc1ccc(F)cc1)C(=O)CSCc1cccc(Cl)c1. The molecule has 0 spiro atoms. The van der Waals surface area contributed by atoms with Crippen LogP contribution in [0, 0.1) is 5.82 Å². The van der Waals surface area contributed by atoms with E-state index in [1.807, 2.05) is 61.5 Å². The van der Waals surface area contributed by atoms with Gasteiger partial charge in [-0.15, -0.1) is 11.8 Å². The van der Waals surface area contributed by atoms with Crippen molar-refractivity contribution in [3.8, 4) is 0 Å². The molecule has 0 radical (unpaired) electrons. The molecule has 0 aliphatic heterocycles. The number of nitrogens with one attached hydrogen (secondary N) is 1. The second-order valence-corrected chi connectivity index (χ2v) is 9.29. The van der Waals surface area contributed by atoms with Crippen LogP contribution < -0.4 is 5.32 Å². The van der Waals surface area contributed by atoms with Crippen LogP contribution in [0.1, 0.15) is 23.6 Å². The molecule has 7 heteroatoms. The maximum atomic E-state index is 13.5. The zero-order chi connectivity index (χ0) is 24.3. The van der Waals surface area contributed by atoms with Gasteiger partial charge < -0.3 is 10.2 Å². The number of carbonyl (C=O) groups is 2. The summed E-state index contributed by atoms with van der Waals surface area (Å²) in [6.07, 6.45) is 0.387. The van der Waals surface area contributed by atoms with Gasteiger partial charge in [0.15, 0.2) is 0 Å². The summed E-state index contributed by atoms with van der Waals surface area (Å²) in [4.78, 5) is 28.1. The quantitative estimate of drug-likeness (QED) is 0.380. The smallest absolute Gasteiger partial charge is 0.243 e. The molecular formula is C27H28ClFN2O2S. The van der Waals surface area contributed by atoms with E-state index in [0.717, 1.165) is 16.7 Å². The van der Waals surface area contributed by atoms with Crippen LogP contribution in [0.25, 0.3) is 0 Å². The van der Waals surface area contributed by atoms with Crippen molar-refractivity contribution in [2.24, 2.45) is 0 Å². The minimum Gasteiger partial charge on any atom is -0.355 e. The number of halogens is 2. The van der Waals surface area contributed by atoms with Crippen LogP contribution in [0.3, 0.4) is 0 Å². The Morgan fingerprint density at radius 1 is 0.971 bits per heavy atom. The number of hydrogen-bond donors (Lipinski definition) is 1. The third kappa shape index (κ3) is 7.89. The summed E-state index contributed by atoms with van der Waals surface area (Å²) in [7, 11) is 0. The zero-order valence-electron chi connectivity index (χ0n) is 19.0. The third-order valence-corrected chi connectivity index (χ3v) is 6.50. The van der Waals surface area contributed by atoms with Crippen LogP contribution in [0.4, 0.5) is 4.39 Å². The van der Waals surface area contributed by atoms with Crippen molar-refractivity contribution in [2.75, 3.05) is 12.3 Å². The van der Waals surface area contributed by atoms with E-state index in [-0.39, 0.29) is 29.9 Å². The summed E-state index contributed by atoms with van der Waals surface area (Å²) in [5.41, 5.74) is 2.75. The molecule has 0 aliphatic carbocycles. The highest BCUT2D eigenvalue weighted by Crippen LogP contribution is 2.20. The highest BCUT2D eigenvalue weighted by molar-refractivity contribution is 7.99. The Bertz CT molecular complexity index is 1080. The molecule has 4 nitrogen and oxygen atoms in total. The lowest BCUT2D eigenvalue weighted by Gasteiger charge is -2.31. The van der Waals surface area contributed by atoms with Crippen molar-refractivity contribution >= 4 is 35.2 Å². The maximum Gasteiger partial charge on any atom is 0.243 e. The summed E-state index contributed by atoms with van der Waals surface area (Å²) in [5.74, 6) is 0.132. The highest BCUT2D eigenvalue weighted by atomic mass is 35.5. The van der Waals surface area contributed by atoms with E-state index in [1.54, 1.807) is 17.0 Å². The number of rotatable bonds is 11. The first-order valence-electron chi connectivity index (χ1n) is 11.1. The molecule has 0 saturated carbocycles. The van der Waals surface area contributed by atoms with Gasteiger partial charge in [0.05, 0.1) is 5.75 Å². The van der Waals surface area contributed by atoms with Gasteiger partial charge in [-0.25, -0.2) is 4.39 Å². The molecule has 3 rings (SSSR count). The Morgan fingerprint density at radius 3 is 2.35 bits per heavy atom. The van der Waals surface area contributed by atoms with Gasteiger partial charge in [0.1, 0.15) is 11.9 Å². The van der Waals surface area contributed by atoms with E-state index in [9.17, 15) is 14.0 Å². The number of thioether (sulfide) groups is 1. The third-order valence-electron chi connectivity index (χ3n) is 5.27. The van der Waals surface area contributed by atoms with Crippen LogP contribution in [-0.4, -0.2) is 35.1 Å². The van der Waals surface area contributed by atoms with Gasteiger partial charge in [-0.05, 0) is 47.9 Å². The Kier molecular flexibility index (Phi) is 9.98. The first-order chi connectivity index (χ1) is 16.5. The predicted molar refractivity (Wildman–Crippen MR) is 137 cm³/mol. The molecule has 1 N–H and O–H groups in total. The fourth-order valence-electron chi connectivity index (χ4n) is 3.60. The molecule has 34 heavy (non-hydrogen) atoms. The van der Waals surface area contributed by atoms with E-state index in [1.165, 1.54) is 23.9 Å². The molecule has 0 saturated heterocycles. The van der Waals surface area contributed by atoms with Crippen LogP contribution >= 0.6 is 23.4 Å². The van der Waals surface area contributed by atoms with Gasteiger partial charge in [0, 0.05) is 30.3 Å². The van der Waals surface area contributed by atoms with Crippen molar-refractivity contribution in [2.45, 2.75) is 31.7 Å². The molecule has 0 unspecified atom stereocenters. The number of nitrogens with zero attached hydrogens (tertiary/aromatic N) is 1. The molecule has 2 amide bonds. The largest absolute Gasteiger partial charge is 0.355 e. The lowest BCUT2D eigenvalue weighted by atomic mass is 10.0. The van der Waals surface area contributed by atoms with E-state index >= 15 is 0 Å². The molecule has 3 aromatic carbocycles. The normalized spacial score (nSPS) is 11.6. The van der Waals surface area contributed by atoms with Crippen molar-refractivity contribution in [3.05, 3.63) is 106 Å². The van der Waals surface area contributed by atoms with Crippen molar-refractivity contribution in [1.82, 2.24) is 10.2 Å². The first kappa shape index (κ1) is 25.8. The minimum atomic E-state index is -0.688. The molecule has 0 aromatic heterocycles. The van der Waals surface area contributed by atoms with Crippen LogP contribution in [0.15, 0.2) is 78.9 Å². The van der Waals surface area contributed by atoms with Crippen LogP contribution in [0.5, 0.6) is 0 Å². The predicted octanol–water partition coefficient (Wildman–Crippen LogP) is 5.49. The van der Waals surface area contributed by atoms with Crippen LogP contribution in [0.2, 0.25) is 5.02 Å². The number of hydrogen-bond acceptors (Lipinski definition) is 3. The van der Waals surface area contributed by atoms with Crippen molar-refractivity contribution in [3.63, 3.8) is 0 Å². The van der Waals surface area contributed by atoms with Crippen molar-refractivity contribution < 1.29 is 14.0 Å². The summed E-state index contributed by atoms with van der Waals surface area (Å²) in [5, 5.41) is 3.52. The summed E-state index contributed by atoms with van der Waals surface area (Å²) in [6.45, 7) is 2.53. The van der Waals surface area contributed by atoms with Gasteiger partial charge in [-0.3, -0.25) is 9.59 Å². The van der Waals surface area contributed by atoms with E-state index < -0.39 is 6.04 Å². The molecule has 0 bridgehead atoms. The second-order valence-electron chi connectivity index (χ2n) is 7.87. The van der Waals surface area contributed by atoms with Gasteiger partial charge in [0.25, 0.3) is 0 Å². The van der Waals surface area contributed by atoms with Gasteiger partial charge in [-0.1, -0.05) is 66.2 Å². The van der Waals surface area contributed by atoms with Gasteiger partial charge >= 0.3 is 0 Å². The molecule has 0 fully saturated rings. The van der Waals surface area contributed by atoms with Crippen molar-refractivity contribution in [1.29, 1.82) is 0 Å². The number of likely N-dealkylation sites (N-methyl/N-ethyl adjacent to an activating group) is 1. The molecule has 0 aliphatic rings. The second kappa shape index (κ2) is 13.2. The first-order valence-corrected chi connectivity index (χ1v) is 12.7. The number of carbonyl (C=O) groups excluding carboxylic acids is 2. The molecule has 178 valence electrons. The fraction of sp³-hybridized carbons (Fsp3) is 0.259. The fourth-order valence-corrected chi connectivity index (χ4v) is 4.67. The average molecular weight is 499 g/mol. The Labute approximate surface area is 209 Å². The standard InChI is InChI=1S/C27H28ClFN2O2S/c1-2-30-27(33)25(16-20-7-4-3-5-8-20)31(17-21-11-13-24(29)14-12-21)26(32)19-34-18-22-9-6-10-23(28)15-22/h3-15,25H,2,16-19H2,1H3,(H,30,33)/t25-/m1/s1. The Balaban J connectivity index is 1.81. The summed E-state index contributed by atoms with van der Waals surface area (Å²) < 4.78 is 13.5. The van der Waals surface area contributed by atoms with Gasteiger partial charge in [-0.2, -0.15) is 0 Å². The molecular weight excluding hydrogens is 471 g/mol. The summed E-state index contributed by atoms with van der Waals surface area (Å²) >= 11 is 7.54. The number of amides is 2. The monoisotopic (exact) mass is 498 g/mol. The lowest BCUT2D eigenvalue weighted by Crippen LogP contribution is -2.51. The topological polar surface area (TPSA) is 49.4 Å². The number of benzene rings is 3. The Morgan fingerprint density at radius 2 is 1.68 bits per heavy atom. The van der Waals surface area contributed by atoms with E-state index in [4.69, 9.17) is 11.6 Å². The zero-order valence-corrected chi connectivity index (χ0v) is 20.6. The van der Waals surface area contributed by atoms with E-state index in [2.05, 4.69) is 5.32 Å². The van der Waals surface area contributed by atoms with Gasteiger partial charge in [0.2, 0.25) is 11.8 Å². The Hall–Kier alpha value is -2.83. The average Bonchev–Trinajstić information content (AvgIpc) is 2.83. The lowest BCUT2D eigenvalue weighted by molar-refractivity contribution is -0.139. The summed E-state index contributed by atoms with van der Waals surface area (Å²) in [6, 6.07) is 22.5. The maximum absolute atomic E-state index is 13.5. The van der Waals surface area contributed by atoms with E-state index in [0.29, 0.717) is 23.7 Å².